The van der Waals surface area contributed by atoms with Gasteiger partial charge < -0.3 is 56.8 Å². The first-order chi connectivity index (χ1) is 43.1. The number of unbranched alkanes of at least 4 members (excludes halogenated alkanes) is 2. The fourth-order valence-corrected chi connectivity index (χ4v) is 11.6. The summed E-state index contributed by atoms with van der Waals surface area (Å²) in [5.74, 6) is -3.76. The van der Waals surface area contributed by atoms with Gasteiger partial charge in [0.1, 0.15) is 48.2 Å². The van der Waals surface area contributed by atoms with Gasteiger partial charge in [0.25, 0.3) is 5.91 Å². The molecule has 0 bridgehead atoms. The van der Waals surface area contributed by atoms with Gasteiger partial charge in [-0.15, -0.1) is 11.3 Å². The van der Waals surface area contributed by atoms with Crippen molar-refractivity contribution >= 4 is 64.2 Å². The van der Waals surface area contributed by atoms with Crippen molar-refractivity contribution in [1.29, 1.82) is 5.26 Å². The Hall–Kier alpha value is -7.38. The van der Waals surface area contributed by atoms with Gasteiger partial charge in [-0.2, -0.15) is 18.4 Å². The van der Waals surface area contributed by atoms with E-state index < -0.39 is 106 Å². The Morgan fingerprint density at radius 2 is 1.45 bits per heavy atom. The maximum atomic E-state index is 14.7. The number of imide groups is 1. The second-order valence-corrected chi connectivity index (χ2v) is 25.4. The molecule has 2 aliphatic heterocycles. The molecule has 0 radical (unpaired) electrons. The molecule has 496 valence electrons. The third-order valence-electron chi connectivity index (χ3n) is 16.1. The lowest BCUT2D eigenvalue weighted by Crippen LogP contribution is -2.50. The van der Waals surface area contributed by atoms with Gasteiger partial charge in [0.15, 0.2) is 5.78 Å². The standard InChI is InChI=1S/C65H87F3N10O12S/c1-40(42-15-17-43(18-16-42)56-41(2)74-39-91-56)75-57(80)55-35-50(90-60(83)54(73)14-9-11-28-70)37-76(55)58(81)52(63(3,4)5)34-47(79)38-87-30-12-29-86-31-25-49(89-59(82)53(72)13-8-10-27-69)26-32-88-48-23-21-45(22-24-48)78-62(85)77(61(84)64(78,6)7)46-20-19-44(36-71)51(33-46)65(66,67)68/h15-24,33,39-40,49-50,52-55H,8-14,25-32,34-35,37-38,69-70,72-73H2,1-7H3,(H,75,80)/t40-,49?,50+,52+,53-,54-,55?/m0/s1. The number of nitrogens with zero attached hydrogens (tertiary/aromatic N) is 5. The van der Waals surface area contributed by atoms with E-state index in [-0.39, 0.29) is 82.4 Å². The van der Waals surface area contributed by atoms with Crippen LogP contribution in [-0.4, -0.2) is 140 Å². The van der Waals surface area contributed by atoms with E-state index in [1.807, 2.05) is 58.9 Å². The van der Waals surface area contributed by atoms with Crippen LogP contribution in [-0.2, 0) is 53.9 Å². The Bertz CT molecular complexity index is 3170. The van der Waals surface area contributed by atoms with Crippen molar-refractivity contribution in [2.75, 3.05) is 62.5 Å². The summed E-state index contributed by atoms with van der Waals surface area (Å²) in [6.07, 6.45) is -2.37. The quantitative estimate of drug-likeness (QED) is 0.0167. The highest BCUT2D eigenvalue weighted by Crippen LogP contribution is 2.41. The van der Waals surface area contributed by atoms with Crippen LogP contribution in [0.15, 0.2) is 72.2 Å². The molecule has 2 unspecified atom stereocenters. The van der Waals surface area contributed by atoms with Gasteiger partial charge in [0.2, 0.25) is 11.8 Å². The van der Waals surface area contributed by atoms with Gasteiger partial charge >= 0.3 is 24.1 Å². The molecular weight excluding hydrogens is 1200 g/mol. The van der Waals surface area contributed by atoms with E-state index in [1.54, 1.807) is 17.6 Å². The van der Waals surface area contributed by atoms with Crippen molar-refractivity contribution in [2.45, 2.75) is 167 Å². The Morgan fingerprint density at radius 1 is 0.824 bits per heavy atom. The summed E-state index contributed by atoms with van der Waals surface area (Å²) in [7, 11) is 0. The minimum atomic E-state index is -4.92. The van der Waals surface area contributed by atoms with E-state index in [2.05, 4.69) is 10.3 Å². The number of hydrogen-bond acceptors (Lipinski definition) is 19. The van der Waals surface area contributed by atoms with Gasteiger partial charge in [-0.1, -0.05) is 57.9 Å². The van der Waals surface area contributed by atoms with Gasteiger partial charge in [0, 0.05) is 50.5 Å². The molecule has 2 fully saturated rings. The fraction of sp³-hybridized carbons (Fsp3) is 0.554. The van der Waals surface area contributed by atoms with E-state index >= 15 is 0 Å². The van der Waals surface area contributed by atoms with Crippen LogP contribution in [0.1, 0.15) is 141 Å². The number of nitriles is 1. The number of anilines is 2. The van der Waals surface area contributed by atoms with Crippen LogP contribution in [0.4, 0.5) is 29.3 Å². The maximum absolute atomic E-state index is 14.7. The monoisotopic (exact) mass is 1290 g/mol. The summed E-state index contributed by atoms with van der Waals surface area (Å²) in [6, 6.07) is 13.9. The molecule has 2 aliphatic rings. The summed E-state index contributed by atoms with van der Waals surface area (Å²) in [5, 5.41) is 12.3. The smallest absolute Gasteiger partial charge is 0.417 e. The van der Waals surface area contributed by atoms with Crippen LogP contribution in [0.25, 0.3) is 10.4 Å². The van der Waals surface area contributed by atoms with Crippen LogP contribution in [0.5, 0.6) is 5.75 Å². The van der Waals surface area contributed by atoms with Crippen LogP contribution in [0.3, 0.4) is 0 Å². The fourth-order valence-electron chi connectivity index (χ4n) is 10.8. The Kier molecular flexibility index (Phi) is 26.6. The largest absolute Gasteiger partial charge is 0.493 e. The van der Waals surface area contributed by atoms with Crippen LogP contribution >= 0.6 is 11.3 Å². The first kappa shape index (κ1) is 72.7. The van der Waals surface area contributed by atoms with Crippen LogP contribution in [0, 0.1) is 29.6 Å². The van der Waals surface area contributed by atoms with E-state index in [9.17, 15) is 52.0 Å². The number of amides is 5. The summed E-state index contributed by atoms with van der Waals surface area (Å²) in [4.78, 5) is 105. The number of nitrogens with one attached hydrogen (secondary N) is 1. The molecule has 22 nitrogen and oxygen atoms in total. The van der Waals surface area contributed by atoms with Crippen molar-refractivity contribution in [3.05, 3.63) is 94.6 Å². The summed E-state index contributed by atoms with van der Waals surface area (Å²) in [5.41, 5.74) is 23.9. The molecule has 6 rings (SSSR count). The zero-order chi connectivity index (χ0) is 66.8. The number of halogens is 3. The molecule has 5 amide bonds. The number of aryl methyl sites for hydroxylation is 1. The highest BCUT2D eigenvalue weighted by atomic mass is 32.1. The number of esters is 2. The number of likely N-dealkylation sites (tertiary alicyclic amines) is 1. The van der Waals surface area contributed by atoms with E-state index in [4.69, 9.17) is 46.6 Å². The van der Waals surface area contributed by atoms with E-state index in [0.29, 0.717) is 74.8 Å². The molecule has 91 heavy (non-hydrogen) atoms. The summed E-state index contributed by atoms with van der Waals surface area (Å²) < 4.78 is 70.8. The SMILES string of the molecule is Cc1ncsc1-c1ccc([C@H](C)NC(=O)C2C[C@@H](OC(=O)[C@@H](N)CCCCN)CN2C(=O)[C@@H](CC(=O)COCCCOCCC(CCOc2ccc(N3C(=O)N(c4ccc(C#N)c(C(F)(F)F)c4)C(=O)C3(C)C)cc2)OC(=O)[C@@H](N)CCCCN)C(C)(C)C)cc1. The highest BCUT2D eigenvalue weighted by Gasteiger charge is 2.53. The topological polar surface area (TPSA) is 328 Å². The number of benzene rings is 3. The highest BCUT2D eigenvalue weighted by molar-refractivity contribution is 7.13. The molecule has 1 aromatic heterocycles. The number of hydrogen-bond donors (Lipinski definition) is 5. The molecule has 3 heterocycles. The van der Waals surface area contributed by atoms with Gasteiger partial charge in [0.05, 0.1) is 64.8 Å². The zero-order valence-corrected chi connectivity index (χ0v) is 53.7. The molecule has 26 heteroatoms. The number of alkyl halides is 3. The number of Topliss-reactive ketones (excluding diaryl/α,β-unsaturated/α-hetero) is 1. The molecule has 9 N–H and O–H groups in total. The Labute approximate surface area is 533 Å². The lowest BCUT2D eigenvalue weighted by Gasteiger charge is -2.35. The zero-order valence-electron chi connectivity index (χ0n) is 52.9. The van der Waals surface area contributed by atoms with Gasteiger partial charge in [-0.05, 0) is 132 Å². The van der Waals surface area contributed by atoms with Crippen molar-refractivity contribution in [2.24, 2.45) is 34.3 Å². The third kappa shape index (κ3) is 19.8. The van der Waals surface area contributed by atoms with Crippen molar-refractivity contribution in [3.8, 4) is 22.3 Å². The Balaban J connectivity index is 1.00. The second kappa shape index (κ2) is 33.3. The number of ketones is 1. The first-order valence-electron chi connectivity index (χ1n) is 30.7. The Morgan fingerprint density at radius 3 is 2.05 bits per heavy atom. The summed E-state index contributed by atoms with van der Waals surface area (Å²) in [6.45, 7) is 13.3. The molecular formula is C65H87F3N10O12S. The van der Waals surface area contributed by atoms with Crippen LogP contribution in [0.2, 0.25) is 0 Å². The lowest BCUT2D eigenvalue weighted by atomic mass is 9.77. The first-order valence-corrected chi connectivity index (χ1v) is 31.6. The second-order valence-electron chi connectivity index (χ2n) is 24.5. The van der Waals surface area contributed by atoms with Crippen molar-refractivity contribution < 1.29 is 70.4 Å². The third-order valence-corrected chi connectivity index (χ3v) is 17.1. The average Bonchev–Trinajstić information content (AvgIpc) is 1.60. The number of thiazole rings is 1. The summed E-state index contributed by atoms with van der Waals surface area (Å²) >= 11 is 1.54. The lowest BCUT2D eigenvalue weighted by molar-refractivity contribution is -0.153. The van der Waals surface area contributed by atoms with E-state index in [1.165, 1.54) is 48.3 Å². The molecule has 0 saturated carbocycles. The number of rotatable bonds is 34. The molecule has 3 aromatic carbocycles. The molecule has 0 aliphatic carbocycles. The van der Waals surface area contributed by atoms with Crippen molar-refractivity contribution in [3.63, 3.8) is 0 Å². The molecule has 7 atom stereocenters. The van der Waals surface area contributed by atoms with Gasteiger partial charge in [-0.3, -0.25) is 33.7 Å². The van der Waals surface area contributed by atoms with E-state index in [0.717, 1.165) is 38.7 Å². The number of ether oxygens (including phenoxy) is 5. The molecule has 4 aromatic rings. The number of urea groups is 1. The number of carbonyl (C=O) groups is 7. The van der Waals surface area contributed by atoms with Gasteiger partial charge in [-0.25, -0.2) is 14.7 Å². The maximum Gasteiger partial charge on any atom is 0.417 e. The minimum Gasteiger partial charge on any atom is -0.493 e. The van der Waals surface area contributed by atoms with Crippen LogP contribution < -0.4 is 42.8 Å². The average molecular weight is 1290 g/mol. The molecule has 2 saturated heterocycles. The predicted molar refractivity (Wildman–Crippen MR) is 336 cm³/mol. The normalized spacial score (nSPS) is 17.5. The molecule has 0 spiro atoms. The predicted octanol–water partition coefficient (Wildman–Crippen LogP) is 8.18. The minimum absolute atomic E-state index is 0.0266. The number of aromatic nitrogens is 1. The number of carbonyl (C=O) groups excluding carboxylic acids is 7. The number of nitrogens with two attached hydrogens (primary N) is 4. The van der Waals surface area contributed by atoms with Crippen molar-refractivity contribution in [1.82, 2.24) is 15.2 Å².